The first-order valence-electron chi connectivity index (χ1n) is 7.82. The van der Waals surface area contributed by atoms with Crippen LogP contribution in [0.1, 0.15) is 21.6 Å². The van der Waals surface area contributed by atoms with Gasteiger partial charge in [-0.1, -0.05) is 23.4 Å². The van der Waals surface area contributed by atoms with Gasteiger partial charge in [0.2, 0.25) is 0 Å². The number of nitro benzene ring substituents is 1. The summed E-state index contributed by atoms with van der Waals surface area (Å²) in [6.07, 6.45) is -3.56. The van der Waals surface area contributed by atoms with Crippen LogP contribution in [0.2, 0.25) is 0 Å². The molecule has 0 aliphatic rings. The SMILES string of the molecule is Cc1ccc(NC(=O)c2cn(-c3ccccc3C(F)(F)F)nn2)cc1[N+](=O)[O-]. The molecule has 28 heavy (non-hydrogen) atoms. The molecule has 1 amide bonds. The molecular formula is C17H12F3N5O3. The van der Waals surface area contributed by atoms with Crippen LogP contribution in [-0.4, -0.2) is 25.8 Å². The van der Waals surface area contributed by atoms with Crippen molar-refractivity contribution in [3.8, 4) is 5.69 Å². The smallest absolute Gasteiger partial charge is 0.320 e. The van der Waals surface area contributed by atoms with Crippen LogP contribution < -0.4 is 5.32 Å². The third-order valence-corrected chi connectivity index (χ3v) is 3.85. The fraction of sp³-hybridized carbons (Fsp3) is 0.118. The van der Waals surface area contributed by atoms with Gasteiger partial charge in [0.05, 0.1) is 22.4 Å². The van der Waals surface area contributed by atoms with Gasteiger partial charge in [-0.2, -0.15) is 13.2 Å². The van der Waals surface area contributed by atoms with Gasteiger partial charge in [0.1, 0.15) is 0 Å². The van der Waals surface area contributed by atoms with Gasteiger partial charge in [0, 0.05) is 17.3 Å². The Labute approximate surface area is 155 Å². The highest BCUT2D eigenvalue weighted by Gasteiger charge is 2.34. The lowest BCUT2D eigenvalue weighted by Gasteiger charge is -2.11. The molecule has 3 rings (SSSR count). The van der Waals surface area contributed by atoms with Crippen molar-refractivity contribution in [2.75, 3.05) is 5.32 Å². The average Bonchev–Trinajstić information content (AvgIpc) is 3.12. The molecule has 0 radical (unpaired) electrons. The molecule has 0 bridgehead atoms. The van der Waals surface area contributed by atoms with Gasteiger partial charge in [0.15, 0.2) is 5.69 Å². The third-order valence-electron chi connectivity index (χ3n) is 3.85. The van der Waals surface area contributed by atoms with Crippen molar-refractivity contribution in [3.05, 3.63) is 75.6 Å². The standard InChI is InChI=1S/C17H12F3N5O3/c1-10-6-7-11(8-15(10)25(27)28)21-16(26)13-9-24(23-22-13)14-5-3-2-4-12(14)17(18,19)20/h2-9H,1H3,(H,21,26). The van der Waals surface area contributed by atoms with E-state index >= 15 is 0 Å². The predicted molar refractivity (Wildman–Crippen MR) is 92.1 cm³/mol. The number of nitrogens with zero attached hydrogens (tertiary/aromatic N) is 4. The molecule has 0 aliphatic heterocycles. The van der Waals surface area contributed by atoms with Gasteiger partial charge in [-0.3, -0.25) is 14.9 Å². The summed E-state index contributed by atoms with van der Waals surface area (Å²) in [5.74, 6) is -0.770. The fourth-order valence-electron chi connectivity index (χ4n) is 2.48. The van der Waals surface area contributed by atoms with Crippen LogP contribution >= 0.6 is 0 Å². The molecule has 0 unspecified atom stereocenters. The molecule has 11 heteroatoms. The van der Waals surface area contributed by atoms with E-state index in [9.17, 15) is 28.1 Å². The second-order valence-corrected chi connectivity index (χ2v) is 5.78. The highest BCUT2D eigenvalue weighted by Crippen LogP contribution is 2.33. The molecule has 0 aliphatic carbocycles. The van der Waals surface area contributed by atoms with Gasteiger partial charge in [-0.25, -0.2) is 4.68 Å². The lowest BCUT2D eigenvalue weighted by atomic mass is 10.1. The molecular weight excluding hydrogens is 379 g/mol. The van der Waals surface area contributed by atoms with Crippen LogP contribution in [-0.2, 0) is 6.18 Å². The van der Waals surface area contributed by atoms with Gasteiger partial charge >= 0.3 is 6.18 Å². The summed E-state index contributed by atoms with van der Waals surface area (Å²) in [6.45, 7) is 1.55. The largest absolute Gasteiger partial charge is 0.418 e. The topological polar surface area (TPSA) is 103 Å². The van der Waals surface area contributed by atoms with Crippen molar-refractivity contribution >= 4 is 17.3 Å². The molecule has 0 spiro atoms. The van der Waals surface area contributed by atoms with Crippen molar-refractivity contribution in [1.82, 2.24) is 15.0 Å². The first-order chi connectivity index (χ1) is 13.2. The Morgan fingerprint density at radius 3 is 2.61 bits per heavy atom. The first kappa shape index (κ1) is 19.0. The number of aryl methyl sites for hydroxylation is 1. The van der Waals surface area contributed by atoms with Crippen molar-refractivity contribution < 1.29 is 22.9 Å². The van der Waals surface area contributed by atoms with Crippen LogP contribution in [0.3, 0.4) is 0 Å². The number of nitro groups is 1. The number of alkyl halides is 3. The average molecular weight is 391 g/mol. The summed E-state index contributed by atoms with van der Waals surface area (Å²) in [5.41, 5.74) is -1.08. The monoisotopic (exact) mass is 391 g/mol. The van der Waals surface area contributed by atoms with E-state index in [1.165, 1.54) is 36.4 Å². The van der Waals surface area contributed by atoms with Crippen LogP contribution in [0.15, 0.2) is 48.7 Å². The Kier molecular flexibility index (Phi) is 4.82. The van der Waals surface area contributed by atoms with E-state index in [0.717, 1.165) is 16.9 Å². The first-order valence-corrected chi connectivity index (χ1v) is 7.82. The maximum atomic E-state index is 13.1. The van der Waals surface area contributed by atoms with E-state index in [1.807, 2.05) is 0 Å². The van der Waals surface area contributed by atoms with Gasteiger partial charge in [-0.15, -0.1) is 5.10 Å². The highest BCUT2D eigenvalue weighted by molar-refractivity contribution is 6.02. The lowest BCUT2D eigenvalue weighted by molar-refractivity contribution is -0.385. The van der Waals surface area contributed by atoms with E-state index in [-0.39, 0.29) is 22.8 Å². The molecule has 1 N–H and O–H groups in total. The number of hydrogen-bond acceptors (Lipinski definition) is 5. The molecule has 2 aromatic carbocycles. The number of amides is 1. The summed E-state index contributed by atoms with van der Waals surface area (Å²) < 4.78 is 40.2. The minimum absolute atomic E-state index is 0.146. The molecule has 0 atom stereocenters. The van der Waals surface area contributed by atoms with Crippen LogP contribution in [0.4, 0.5) is 24.5 Å². The fourth-order valence-corrected chi connectivity index (χ4v) is 2.48. The van der Waals surface area contributed by atoms with Gasteiger partial charge in [0.25, 0.3) is 11.6 Å². The van der Waals surface area contributed by atoms with E-state index in [4.69, 9.17) is 0 Å². The second kappa shape index (κ2) is 7.10. The van der Waals surface area contributed by atoms with Crippen molar-refractivity contribution in [2.24, 2.45) is 0 Å². The highest BCUT2D eigenvalue weighted by atomic mass is 19.4. The molecule has 3 aromatic rings. The summed E-state index contributed by atoms with van der Waals surface area (Å²) >= 11 is 0. The number of anilines is 1. The maximum Gasteiger partial charge on any atom is 0.418 e. The third kappa shape index (κ3) is 3.82. The second-order valence-electron chi connectivity index (χ2n) is 5.78. The number of halogens is 3. The minimum atomic E-state index is -4.61. The molecule has 0 fully saturated rings. The number of para-hydroxylation sites is 1. The van der Waals surface area contributed by atoms with Crippen molar-refractivity contribution in [3.63, 3.8) is 0 Å². The van der Waals surface area contributed by atoms with Crippen molar-refractivity contribution in [1.29, 1.82) is 0 Å². The van der Waals surface area contributed by atoms with E-state index in [1.54, 1.807) is 6.92 Å². The number of hydrogen-bond donors (Lipinski definition) is 1. The molecule has 144 valence electrons. The van der Waals surface area contributed by atoms with Crippen LogP contribution in [0, 0.1) is 17.0 Å². The maximum absolute atomic E-state index is 13.1. The zero-order valence-electron chi connectivity index (χ0n) is 14.3. The molecule has 0 saturated carbocycles. The Hall–Kier alpha value is -3.76. The number of aromatic nitrogens is 3. The molecule has 0 saturated heterocycles. The zero-order valence-corrected chi connectivity index (χ0v) is 14.3. The molecule has 8 nitrogen and oxygen atoms in total. The summed E-state index contributed by atoms with van der Waals surface area (Å²) in [6, 6.07) is 8.83. The van der Waals surface area contributed by atoms with E-state index in [0.29, 0.717) is 5.56 Å². The Morgan fingerprint density at radius 2 is 1.93 bits per heavy atom. The predicted octanol–water partition coefficient (Wildman–Crippen LogP) is 3.76. The minimum Gasteiger partial charge on any atom is -0.320 e. The van der Waals surface area contributed by atoms with E-state index < -0.39 is 22.6 Å². The van der Waals surface area contributed by atoms with Gasteiger partial charge in [-0.05, 0) is 25.1 Å². The van der Waals surface area contributed by atoms with E-state index in [2.05, 4.69) is 15.6 Å². The summed E-state index contributed by atoms with van der Waals surface area (Å²) in [5, 5.41) is 20.6. The Morgan fingerprint density at radius 1 is 1.21 bits per heavy atom. The number of carbonyl (C=O) groups excluding carboxylic acids is 1. The Balaban J connectivity index is 1.87. The quantitative estimate of drug-likeness (QED) is 0.539. The Bertz CT molecular complexity index is 1060. The van der Waals surface area contributed by atoms with Crippen LogP contribution in [0.25, 0.3) is 5.69 Å². The molecule has 1 heterocycles. The number of carbonyl (C=O) groups is 1. The van der Waals surface area contributed by atoms with Crippen LogP contribution in [0.5, 0.6) is 0 Å². The number of nitrogens with one attached hydrogen (secondary N) is 1. The lowest BCUT2D eigenvalue weighted by Crippen LogP contribution is -2.13. The normalized spacial score (nSPS) is 11.3. The molecule has 1 aromatic heterocycles. The summed E-state index contributed by atoms with van der Waals surface area (Å²) in [7, 11) is 0. The number of benzene rings is 2. The summed E-state index contributed by atoms with van der Waals surface area (Å²) in [4.78, 5) is 22.7. The van der Waals surface area contributed by atoms with Gasteiger partial charge < -0.3 is 5.32 Å². The zero-order chi connectivity index (χ0) is 20.5. The number of rotatable bonds is 4. The van der Waals surface area contributed by atoms with Crippen molar-refractivity contribution in [2.45, 2.75) is 13.1 Å².